The van der Waals surface area contributed by atoms with Gasteiger partial charge in [-0.25, -0.2) is 0 Å². The van der Waals surface area contributed by atoms with Crippen LogP contribution in [0.5, 0.6) is 0 Å². The van der Waals surface area contributed by atoms with Gasteiger partial charge in [-0.15, -0.1) is 0 Å². The lowest BCUT2D eigenvalue weighted by molar-refractivity contribution is -0.137. The van der Waals surface area contributed by atoms with Gasteiger partial charge in [0.25, 0.3) is 0 Å². The number of carbonyl (C=O) groups is 2. The summed E-state index contributed by atoms with van der Waals surface area (Å²) >= 11 is 0. The van der Waals surface area contributed by atoms with E-state index in [-0.39, 0.29) is 24.5 Å². The first kappa shape index (κ1) is 17.9. The summed E-state index contributed by atoms with van der Waals surface area (Å²) in [6.45, 7) is 8.37. The second-order valence-electron chi connectivity index (χ2n) is 6.42. The van der Waals surface area contributed by atoms with E-state index < -0.39 is 5.97 Å². The fourth-order valence-corrected chi connectivity index (χ4v) is 2.39. The summed E-state index contributed by atoms with van der Waals surface area (Å²) in [4.78, 5) is 22.3. The van der Waals surface area contributed by atoms with E-state index in [9.17, 15) is 9.59 Å². The highest BCUT2D eigenvalue weighted by atomic mass is 16.5. The van der Waals surface area contributed by atoms with Crippen molar-refractivity contribution in [3.63, 3.8) is 0 Å². The Balaban J connectivity index is 2.16. The van der Waals surface area contributed by atoms with Gasteiger partial charge in [-0.3, -0.25) is 9.59 Å². The van der Waals surface area contributed by atoms with E-state index in [0.29, 0.717) is 24.8 Å². The van der Waals surface area contributed by atoms with Gasteiger partial charge in [-0.05, 0) is 31.6 Å². The molecule has 0 saturated carbocycles. The molecule has 0 aromatic heterocycles. The van der Waals surface area contributed by atoms with Crippen molar-refractivity contribution >= 4 is 11.9 Å². The number of carboxylic acid groups (broad SMARTS) is 1. The SMILES string of the molecule is CC(C)C(CCNC(=O)COC1(C)CNC1)CCC(=O)O. The van der Waals surface area contributed by atoms with Crippen molar-refractivity contribution in [2.24, 2.45) is 11.8 Å². The van der Waals surface area contributed by atoms with Crippen LogP contribution in [-0.2, 0) is 14.3 Å². The first-order chi connectivity index (χ1) is 9.82. The van der Waals surface area contributed by atoms with Crippen LogP contribution in [0.2, 0.25) is 0 Å². The number of aliphatic carboxylic acids is 1. The molecule has 1 rings (SSSR count). The third kappa shape index (κ3) is 6.91. The molecule has 0 aromatic rings. The minimum Gasteiger partial charge on any atom is -0.481 e. The third-order valence-corrected chi connectivity index (χ3v) is 4.06. The summed E-state index contributed by atoms with van der Waals surface area (Å²) in [5.74, 6) is -0.141. The Kier molecular flexibility index (Phi) is 7.11. The molecule has 1 unspecified atom stereocenters. The molecule has 21 heavy (non-hydrogen) atoms. The predicted molar refractivity (Wildman–Crippen MR) is 80.1 cm³/mol. The molecule has 1 atom stereocenters. The molecule has 0 bridgehead atoms. The zero-order valence-corrected chi connectivity index (χ0v) is 13.3. The Labute approximate surface area is 126 Å². The van der Waals surface area contributed by atoms with Crippen molar-refractivity contribution in [3.8, 4) is 0 Å². The van der Waals surface area contributed by atoms with Crippen molar-refractivity contribution in [1.82, 2.24) is 10.6 Å². The van der Waals surface area contributed by atoms with Crippen LogP contribution in [-0.4, -0.2) is 48.8 Å². The summed E-state index contributed by atoms with van der Waals surface area (Å²) in [7, 11) is 0. The van der Waals surface area contributed by atoms with Crippen molar-refractivity contribution in [2.75, 3.05) is 26.2 Å². The maximum Gasteiger partial charge on any atom is 0.303 e. The maximum atomic E-state index is 11.7. The fourth-order valence-electron chi connectivity index (χ4n) is 2.39. The molecule has 3 N–H and O–H groups in total. The van der Waals surface area contributed by atoms with E-state index in [1.165, 1.54) is 0 Å². The van der Waals surface area contributed by atoms with Crippen LogP contribution in [0.4, 0.5) is 0 Å². The van der Waals surface area contributed by atoms with Gasteiger partial charge in [0.1, 0.15) is 6.61 Å². The van der Waals surface area contributed by atoms with Crippen LogP contribution >= 0.6 is 0 Å². The lowest BCUT2D eigenvalue weighted by Crippen LogP contribution is -2.59. The summed E-state index contributed by atoms with van der Waals surface area (Å²) in [5.41, 5.74) is -0.209. The number of carboxylic acids is 1. The van der Waals surface area contributed by atoms with Crippen LogP contribution in [0.25, 0.3) is 0 Å². The molecule has 0 aromatic carbocycles. The fraction of sp³-hybridized carbons (Fsp3) is 0.867. The molecule has 0 radical (unpaired) electrons. The number of amides is 1. The van der Waals surface area contributed by atoms with Gasteiger partial charge in [0.05, 0.1) is 5.60 Å². The van der Waals surface area contributed by atoms with E-state index in [2.05, 4.69) is 24.5 Å². The molecule has 1 fully saturated rings. The first-order valence-corrected chi connectivity index (χ1v) is 7.65. The van der Waals surface area contributed by atoms with Gasteiger partial charge >= 0.3 is 5.97 Å². The summed E-state index contributed by atoms with van der Waals surface area (Å²) in [6.07, 6.45) is 1.64. The van der Waals surface area contributed by atoms with Crippen LogP contribution in [0.3, 0.4) is 0 Å². The molecule has 1 saturated heterocycles. The van der Waals surface area contributed by atoms with Gasteiger partial charge in [-0.2, -0.15) is 0 Å². The maximum absolute atomic E-state index is 11.7. The van der Waals surface area contributed by atoms with Crippen LogP contribution < -0.4 is 10.6 Å². The summed E-state index contributed by atoms with van der Waals surface area (Å²) < 4.78 is 5.56. The Morgan fingerprint density at radius 1 is 1.33 bits per heavy atom. The molecule has 1 amide bonds. The second kappa shape index (κ2) is 8.34. The number of carbonyl (C=O) groups excluding carboxylic acids is 1. The lowest BCUT2D eigenvalue weighted by atomic mass is 9.88. The second-order valence-corrected chi connectivity index (χ2v) is 6.42. The quantitative estimate of drug-likeness (QED) is 0.560. The van der Waals surface area contributed by atoms with Gasteiger partial charge in [0.2, 0.25) is 5.91 Å². The monoisotopic (exact) mass is 300 g/mol. The average Bonchev–Trinajstić information content (AvgIpc) is 2.37. The van der Waals surface area contributed by atoms with Gasteiger partial charge in [0.15, 0.2) is 0 Å². The van der Waals surface area contributed by atoms with E-state index >= 15 is 0 Å². The van der Waals surface area contributed by atoms with Gasteiger partial charge < -0.3 is 20.5 Å². The predicted octanol–water partition coefficient (Wildman–Crippen LogP) is 1.01. The highest BCUT2D eigenvalue weighted by Gasteiger charge is 2.32. The molecule has 1 aliphatic heterocycles. The molecular weight excluding hydrogens is 272 g/mol. The molecule has 6 heteroatoms. The van der Waals surface area contributed by atoms with Gasteiger partial charge in [0, 0.05) is 26.1 Å². The topological polar surface area (TPSA) is 87.7 Å². The smallest absolute Gasteiger partial charge is 0.303 e. The average molecular weight is 300 g/mol. The van der Waals surface area contributed by atoms with E-state index in [1.54, 1.807) is 0 Å². The number of nitrogens with one attached hydrogen (secondary N) is 2. The van der Waals surface area contributed by atoms with E-state index in [0.717, 1.165) is 19.5 Å². The first-order valence-electron chi connectivity index (χ1n) is 7.65. The van der Waals surface area contributed by atoms with Crippen LogP contribution in [0.1, 0.15) is 40.0 Å². The number of hydrogen-bond donors (Lipinski definition) is 3. The molecule has 1 heterocycles. The Bertz CT molecular complexity index is 354. The molecular formula is C15H28N2O4. The number of hydrogen-bond acceptors (Lipinski definition) is 4. The lowest BCUT2D eigenvalue weighted by Gasteiger charge is -2.38. The molecule has 0 spiro atoms. The number of ether oxygens (including phenoxy) is 1. The minimum absolute atomic E-state index is 0.0830. The van der Waals surface area contributed by atoms with Crippen molar-refractivity contribution in [3.05, 3.63) is 0 Å². The standard InChI is InChI=1S/C15H28N2O4/c1-11(2)12(4-5-14(19)20)6-7-17-13(18)8-21-15(3)9-16-10-15/h11-12,16H,4-10H2,1-3H3,(H,17,18)(H,19,20). The Morgan fingerprint density at radius 2 is 2.00 bits per heavy atom. The third-order valence-electron chi connectivity index (χ3n) is 4.06. The largest absolute Gasteiger partial charge is 0.481 e. The zero-order chi connectivity index (χ0) is 15.9. The van der Waals surface area contributed by atoms with Crippen molar-refractivity contribution < 1.29 is 19.4 Å². The van der Waals surface area contributed by atoms with Crippen molar-refractivity contribution in [1.29, 1.82) is 0 Å². The normalized spacial score (nSPS) is 18.1. The molecule has 6 nitrogen and oxygen atoms in total. The summed E-state index contributed by atoms with van der Waals surface area (Å²) in [5, 5.41) is 14.7. The summed E-state index contributed by atoms with van der Waals surface area (Å²) in [6, 6.07) is 0. The van der Waals surface area contributed by atoms with E-state index in [4.69, 9.17) is 9.84 Å². The highest BCUT2D eigenvalue weighted by Crippen LogP contribution is 2.20. The highest BCUT2D eigenvalue weighted by molar-refractivity contribution is 5.77. The number of rotatable bonds is 10. The minimum atomic E-state index is -0.763. The molecule has 1 aliphatic rings. The Hall–Kier alpha value is -1.14. The van der Waals surface area contributed by atoms with Gasteiger partial charge in [-0.1, -0.05) is 13.8 Å². The van der Waals surface area contributed by atoms with E-state index in [1.807, 2.05) is 6.92 Å². The molecule has 122 valence electrons. The zero-order valence-electron chi connectivity index (χ0n) is 13.3. The Morgan fingerprint density at radius 3 is 2.48 bits per heavy atom. The molecule has 0 aliphatic carbocycles. The van der Waals surface area contributed by atoms with Crippen LogP contribution in [0, 0.1) is 11.8 Å². The van der Waals surface area contributed by atoms with Crippen molar-refractivity contribution in [2.45, 2.75) is 45.6 Å². The van der Waals surface area contributed by atoms with Crippen LogP contribution in [0.15, 0.2) is 0 Å².